The molecule has 4 heteroatoms. The van der Waals surface area contributed by atoms with E-state index in [1.165, 1.54) is 0 Å². The lowest BCUT2D eigenvalue weighted by Gasteiger charge is -2.38. The van der Waals surface area contributed by atoms with Crippen molar-refractivity contribution in [2.45, 2.75) is 39.0 Å². The van der Waals surface area contributed by atoms with Crippen molar-refractivity contribution in [3.05, 3.63) is 0 Å². The van der Waals surface area contributed by atoms with Crippen LogP contribution in [0.3, 0.4) is 0 Å². The molecule has 0 aromatic rings. The molecule has 0 aromatic carbocycles. The molecule has 1 fully saturated rings. The summed E-state index contributed by atoms with van der Waals surface area (Å²) in [5.74, 6) is 0. The first-order valence-electron chi connectivity index (χ1n) is 5.88. The molecule has 0 amide bonds. The summed E-state index contributed by atoms with van der Waals surface area (Å²) in [5, 5.41) is 13.0. The van der Waals surface area contributed by atoms with Crippen molar-refractivity contribution in [1.29, 1.82) is 0 Å². The van der Waals surface area contributed by atoms with E-state index in [-0.39, 0.29) is 12.2 Å². The minimum atomic E-state index is -0.368. The van der Waals surface area contributed by atoms with Gasteiger partial charge in [-0.15, -0.1) is 0 Å². The van der Waals surface area contributed by atoms with Crippen molar-refractivity contribution >= 4 is 0 Å². The zero-order valence-electron chi connectivity index (χ0n) is 10.1. The Morgan fingerprint density at radius 3 is 2.53 bits per heavy atom. The molecule has 1 unspecified atom stereocenters. The third-order valence-corrected chi connectivity index (χ3v) is 2.75. The molecule has 1 atom stereocenters. The predicted octanol–water partition coefficient (Wildman–Crippen LogP) is 0.0660. The summed E-state index contributed by atoms with van der Waals surface area (Å²) in [6.07, 6.45) is -0.173. The van der Waals surface area contributed by atoms with E-state index in [1.54, 1.807) is 0 Å². The molecule has 0 aliphatic carbocycles. The number of rotatable bonds is 7. The van der Waals surface area contributed by atoms with E-state index >= 15 is 0 Å². The normalized spacial score (nSPS) is 19.6. The number of hydrogen-bond donors (Lipinski definition) is 2. The van der Waals surface area contributed by atoms with Crippen LogP contribution in [0.15, 0.2) is 0 Å². The van der Waals surface area contributed by atoms with Gasteiger partial charge in [-0.1, -0.05) is 6.92 Å². The van der Waals surface area contributed by atoms with Crippen molar-refractivity contribution in [3.63, 3.8) is 0 Å². The van der Waals surface area contributed by atoms with Crippen molar-refractivity contribution in [1.82, 2.24) is 10.2 Å². The van der Waals surface area contributed by atoms with Crippen molar-refractivity contribution in [3.8, 4) is 0 Å². The van der Waals surface area contributed by atoms with Crippen LogP contribution >= 0.6 is 0 Å². The van der Waals surface area contributed by atoms with E-state index in [0.717, 1.165) is 26.2 Å². The fourth-order valence-electron chi connectivity index (χ4n) is 1.69. The Hall–Kier alpha value is -0.160. The molecule has 1 aliphatic heterocycles. The highest BCUT2D eigenvalue weighted by molar-refractivity contribution is 4.85. The molecule has 0 spiro atoms. The van der Waals surface area contributed by atoms with Gasteiger partial charge in [0.05, 0.1) is 18.8 Å². The molecule has 2 N–H and O–H groups in total. The fourth-order valence-corrected chi connectivity index (χ4v) is 1.69. The van der Waals surface area contributed by atoms with Crippen LogP contribution in [0.25, 0.3) is 0 Å². The van der Waals surface area contributed by atoms with Gasteiger partial charge in [-0.05, 0) is 20.4 Å². The molecule has 1 heterocycles. The van der Waals surface area contributed by atoms with Crippen LogP contribution in [0, 0.1) is 0 Å². The maximum Gasteiger partial charge on any atom is 0.0900 e. The average molecular weight is 216 g/mol. The summed E-state index contributed by atoms with van der Waals surface area (Å²) in [7, 11) is 0. The smallest absolute Gasteiger partial charge is 0.0900 e. The van der Waals surface area contributed by atoms with Crippen LogP contribution in [0.2, 0.25) is 0 Å². The zero-order chi connectivity index (χ0) is 11.3. The minimum Gasteiger partial charge on any atom is -0.389 e. The van der Waals surface area contributed by atoms with Gasteiger partial charge in [0.25, 0.3) is 0 Å². The number of ether oxygens (including phenoxy) is 1. The number of nitrogens with one attached hydrogen (secondary N) is 1. The molecule has 90 valence electrons. The van der Waals surface area contributed by atoms with Gasteiger partial charge in [-0.3, -0.25) is 4.90 Å². The Labute approximate surface area is 92.6 Å². The van der Waals surface area contributed by atoms with Gasteiger partial charge in [0.15, 0.2) is 0 Å². The van der Waals surface area contributed by atoms with Gasteiger partial charge in [-0.25, -0.2) is 0 Å². The van der Waals surface area contributed by atoms with E-state index in [1.807, 2.05) is 13.8 Å². The van der Waals surface area contributed by atoms with E-state index in [0.29, 0.717) is 12.6 Å². The summed E-state index contributed by atoms with van der Waals surface area (Å²) in [6.45, 7) is 10.3. The molecule has 0 aromatic heterocycles. The predicted molar refractivity (Wildman–Crippen MR) is 61.0 cm³/mol. The Morgan fingerprint density at radius 2 is 2.13 bits per heavy atom. The second-order valence-corrected chi connectivity index (χ2v) is 4.44. The number of likely N-dealkylation sites (N-methyl/N-ethyl adjacent to an activating group) is 1. The van der Waals surface area contributed by atoms with Crippen LogP contribution in [-0.2, 0) is 4.74 Å². The van der Waals surface area contributed by atoms with Crippen molar-refractivity contribution < 1.29 is 9.84 Å². The van der Waals surface area contributed by atoms with Crippen LogP contribution in [0.5, 0.6) is 0 Å². The Balaban J connectivity index is 2.18. The largest absolute Gasteiger partial charge is 0.389 e. The standard InChI is InChI=1S/C11H24N2O2/c1-4-13(10-5-12-6-10)7-11(14)8-15-9(2)3/h9-12,14H,4-8H2,1-3H3. The number of aliphatic hydroxyl groups excluding tert-OH is 1. The van der Waals surface area contributed by atoms with E-state index < -0.39 is 0 Å². The van der Waals surface area contributed by atoms with Gasteiger partial charge in [0.1, 0.15) is 0 Å². The van der Waals surface area contributed by atoms with E-state index in [4.69, 9.17) is 4.74 Å². The number of aliphatic hydroxyl groups is 1. The summed E-state index contributed by atoms with van der Waals surface area (Å²) in [6, 6.07) is 0.601. The van der Waals surface area contributed by atoms with Crippen molar-refractivity contribution in [2.75, 3.05) is 32.8 Å². The zero-order valence-corrected chi connectivity index (χ0v) is 10.1. The monoisotopic (exact) mass is 216 g/mol. The Kier molecular flexibility index (Phi) is 5.53. The van der Waals surface area contributed by atoms with Crippen LogP contribution < -0.4 is 5.32 Å². The summed E-state index contributed by atoms with van der Waals surface area (Å²) in [5.41, 5.74) is 0. The number of nitrogens with zero attached hydrogens (tertiary/aromatic N) is 1. The second-order valence-electron chi connectivity index (χ2n) is 4.44. The third kappa shape index (κ3) is 4.47. The molecule has 1 rings (SSSR count). The van der Waals surface area contributed by atoms with Gasteiger partial charge in [0.2, 0.25) is 0 Å². The maximum absolute atomic E-state index is 9.78. The summed E-state index contributed by atoms with van der Waals surface area (Å²) >= 11 is 0. The average Bonchev–Trinajstić information content (AvgIpc) is 2.10. The van der Waals surface area contributed by atoms with Crippen LogP contribution in [-0.4, -0.2) is 61.0 Å². The summed E-state index contributed by atoms with van der Waals surface area (Å²) in [4.78, 5) is 2.31. The number of hydrogen-bond acceptors (Lipinski definition) is 4. The Bertz CT molecular complexity index is 172. The fraction of sp³-hybridized carbons (Fsp3) is 1.00. The molecule has 4 nitrogen and oxygen atoms in total. The second kappa shape index (κ2) is 6.43. The molecular weight excluding hydrogens is 192 g/mol. The highest BCUT2D eigenvalue weighted by Crippen LogP contribution is 2.06. The SMILES string of the molecule is CCN(CC(O)COC(C)C)C1CNC1. The van der Waals surface area contributed by atoms with Crippen molar-refractivity contribution in [2.24, 2.45) is 0 Å². The first-order chi connectivity index (χ1) is 7.13. The highest BCUT2D eigenvalue weighted by Gasteiger charge is 2.24. The maximum atomic E-state index is 9.78. The highest BCUT2D eigenvalue weighted by atomic mass is 16.5. The van der Waals surface area contributed by atoms with Gasteiger partial charge in [0, 0.05) is 25.7 Å². The van der Waals surface area contributed by atoms with Crippen LogP contribution in [0.4, 0.5) is 0 Å². The lowest BCUT2D eigenvalue weighted by Crippen LogP contribution is -2.58. The van der Waals surface area contributed by atoms with Gasteiger partial charge >= 0.3 is 0 Å². The van der Waals surface area contributed by atoms with Gasteiger partial charge < -0.3 is 15.2 Å². The topological polar surface area (TPSA) is 44.7 Å². The first-order valence-corrected chi connectivity index (χ1v) is 5.88. The molecule has 0 radical (unpaired) electrons. The molecule has 15 heavy (non-hydrogen) atoms. The molecular formula is C11H24N2O2. The third-order valence-electron chi connectivity index (χ3n) is 2.75. The molecule has 1 aliphatic rings. The quantitative estimate of drug-likeness (QED) is 0.632. The minimum absolute atomic E-state index is 0.195. The van der Waals surface area contributed by atoms with E-state index in [2.05, 4.69) is 17.1 Å². The first kappa shape index (κ1) is 12.9. The molecule has 1 saturated heterocycles. The van der Waals surface area contributed by atoms with Gasteiger partial charge in [-0.2, -0.15) is 0 Å². The Morgan fingerprint density at radius 1 is 1.47 bits per heavy atom. The lowest BCUT2D eigenvalue weighted by atomic mass is 10.1. The molecule has 0 saturated carbocycles. The van der Waals surface area contributed by atoms with E-state index in [9.17, 15) is 5.11 Å². The van der Waals surface area contributed by atoms with Crippen LogP contribution in [0.1, 0.15) is 20.8 Å². The summed E-state index contributed by atoms with van der Waals surface area (Å²) < 4.78 is 5.39. The molecule has 0 bridgehead atoms. The lowest BCUT2D eigenvalue weighted by molar-refractivity contribution is -0.0169.